The van der Waals surface area contributed by atoms with Crippen molar-refractivity contribution in [2.45, 2.75) is 32.2 Å². The van der Waals surface area contributed by atoms with Crippen molar-refractivity contribution in [2.24, 2.45) is 16.6 Å². The maximum Gasteiger partial charge on any atom is 0.270 e. The molecule has 0 radical (unpaired) electrons. The smallest absolute Gasteiger partial charge is 0.270 e. The normalized spacial score (nSPS) is 19.4. The number of amides is 1. The average Bonchev–Trinajstić information content (AvgIpc) is 3.39. The Hall–Kier alpha value is -2.24. The molecule has 1 aromatic rings. The van der Waals surface area contributed by atoms with Gasteiger partial charge in [0.15, 0.2) is 0 Å². The molecule has 1 heterocycles. The molecule has 0 saturated heterocycles. The molecule has 0 bridgehead atoms. The van der Waals surface area contributed by atoms with Gasteiger partial charge in [0, 0.05) is 23.7 Å². The van der Waals surface area contributed by atoms with E-state index in [0.717, 1.165) is 34.6 Å². The summed E-state index contributed by atoms with van der Waals surface area (Å²) >= 11 is 0. The average molecular weight is 333 g/mol. The number of carbonyl (C=O) groups is 1. The SMILES string of the molecule is NC1=C(C(=NCc2ccccc2)C2CC2)CCN(CC(F)F)C1=O. The van der Waals surface area contributed by atoms with E-state index in [1.807, 2.05) is 30.3 Å². The number of aliphatic imine (C=N–C) groups is 1. The van der Waals surface area contributed by atoms with Gasteiger partial charge in [0.2, 0.25) is 0 Å². The van der Waals surface area contributed by atoms with Gasteiger partial charge in [-0.3, -0.25) is 9.79 Å². The molecule has 1 fully saturated rings. The molecule has 1 aliphatic heterocycles. The minimum Gasteiger partial charge on any atom is -0.394 e. The fourth-order valence-corrected chi connectivity index (χ4v) is 2.98. The Morgan fingerprint density at radius 2 is 2.00 bits per heavy atom. The van der Waals surface area contributed by atoms with Crippen LogP contribution in [-0.2, 0) is 11.3 Å². The van der Waals surface area contributed by atoms with Gasteiger partial charge in [0.05, 0.1) is 13.1 Å². The lowest BCUT2D eigenvalue weighted by molar-refractivity contribution is -0.129. The molecule has 1 aliphatic carbocycles. The number of rotatable bonds is 6. The third kappa shape index (κ3) is 3.80. The van der Waals surface area contributed by atoms with Crippen LogP contribution < -0.4 is 5.73 Å². The second kappa shape index (κ2) is 7.11. The summed E-state index contributed by atoms with van der Waals surface area (Å²) in [5.74, 6) is -0.152. The molecular formula is C18H21F2N3O. The molecule has 128 valence electrons. The van der Waals surface area contributed by atoms with Gasteiger partial charge in [0.1, 0.15) is 5.70 Å². The summed E-state index contributed by atoms with van der Waals surface area (Å²) in [6, 6.07) is 9.88. The predicted molar refractivity (Wildman–Crippen MR) is 88.7 cm³/mol. The molecule has 2 N–H and O–H groups in total. The zero-order valence-corrected chi connectivity index (χ0v) is 13.4. The van der Waals surface area contributed by atoms with Gasteiger partial charge in [0.25, 0.3) is 12.3 Å². The van der Waals surface area contributed by atoms with Crippen molar-refractivity contribution in [3.05, 3.63) is 47.2 Å². The van der Waals surface area contributed by atoms with E-state index in [0.29, 0.717) is 18.9 Å². The quantitative estimate of drug-likeness (QED) is 0.814. The monoisotopic (exact) mass is 333 g/mol. The van der Waals surface area contributed by atoms with E-state index < -0.39 is 18.9 Å². The molecule has 1 amide bonds. The van der Waals surface area contributed by atoms with Crippen molar-refractivity contribution < 1.29 is 13.6 Å². The van der Waals surface area contributed by atoms with Crippen molar-refractivity contribution in [1.29, 1.82) is 0 Å². The van der Waals surface area contributed by atoms with Gasteiger partial charge in [-0.25, -0.2) is 8.78 Å². The van der Waals surface area contributed by atoms with Crippen LogP contribution in [-0.4, -0.2) is 36.0 Å². The summed E-state index contributed by atoms with van der Waals surface area (Å²) in [4.78, 5) is 18.1. The highest BCUT2D eigenvalue weighted by molar-refractivity contribution is 6.10. The van der Waals surface area contributed by atoms with E-state index in [1.165, 1.54) is 0 Å². The minimum absolute atomic E-state index is 0.0839. The topological polar surface area (TPSA) is 58.7 Å². The zero-order chi connectivity index (χ0) is 17.1. The summed E-state index contributed by atoms with van der Waals surface area (Å²) in [5.41, 5.74) is 8.81. The predicted octanol–water partition coefficient (Wildman–Crippen LogP) is 2.75. The van der Waals surface area contributed by atoms with Crippen LogP contribution in [0.2, 0.25) is 0 Å². The fraction of sp³-hybridized carbons (Fsp3) is 0.444. The van der Waals surface area contributed by atoms with Gasteiger partial charge in [-0.1, -0.05) is 30.3 Å². The number of halogens is 2. The molecule has 0 atom stereocenters. The highest BCUT2D eigenvalue weighted by atomic mass is 19.3. The Morgan fingerprint density at radius 3 is 2.62 bits per heavy atom. The van der Waals surface area contributed by atoms with Crippen LogP contribution in [0.1, 0.15) is 24.8 Å². The standard InChI is InChI=1S/C18H21F2N3O/c19-15(20)11-23-9-8-14(16(21)18(23)24)17(13-6-7-13)22-10-12-4-2-1-3-5-12/h1-5,13,15H,6-11,21H2. The van der Waals surface area contributed by atoms with Crippen molar-refractivity contribution in [2.75, 3.05) is 13.1 Å². The van der Waals surface area contributed by atoms with Gasteiger partial charge >= 0.3 is 0 Å². The Kier molecular flexibility index (Phi) is 4.92. The first-order valence-electron chi connectivity index (χ1n) is 8.21. The summed E-state index contributed by atoms with van der Waals surface area (Å²) in [5, 5.41) is 0. The molecule has 0 spiro atoms. The minimum atomic E-state index is -2.54. The van der Waals surface area contributed by atoms with E-state index in [4.69, 9.17) is 10.7 Å². The van der Waals surface area contributed by atoms with Crippen LogP contribution >= 0.6 is 0 Å². The summed E-state index contributed by atoms with van der Waals surface area (Å²) in [6.07, 6.45) is 0.0329. The van der Waals surface area contributed by atoms with E-state index >= 15 is 0 Å². The summed E-state index contributed by atoms with van der Waals surface area (Å²) < 4.78 is 25.1. The maximum atomic E-state index is 12.5. The van der Waals surface area contributed by atoms with Gasteiger partial charge in [-0.15, -0.1) is 0 Å². The number of nitrogens with two attached hydrogens (primary N) is 1. The van der Waals surface area contributed by atoms with E-state index in [1.54, 1.807) is 0 Å². The molecule has 6 heteroatoms. The Balaban J connectivity index is 1.81. The van der Waals surface area contributed by atoms with Crippen LogP contribution in [0.15, 0.2) is 46.6 Å². The maximum absolute atomic E-state index is 12.5. The second-order valence-electron chi connectivity index (χ2n) is 6.25. The third-order valence-corrected chi connectivity index (χ3v) is 4.38. The molecule has 4 nitrogen and oxygen atoms in total. The zero-order valence-electron chi connectivity index (χ0n) is 13.4. The van der Waals surface area contributed by atoms with E-state index in [2.05, 4.69) is 0 Å². The van der Waals surface area contributed by atoms with Crippen molar-refractivity contribution in [3.63, 3.8) is 0 Å². The first-order valence-corrected chi connectivity index (χ1v) is 8.21. The highest BCUT2D eigenvalue weighted by Gasteiger charge is 2.35. The fourth-order valence-electron chi connectivity index (χ4n) is 2.98. The van der Waals surface area contributed by atoms with Gasteiger partial charge < -0.3 is 10.6 Å². The van der Waals surface area contributed by atoms with E-state index in [9.17, 15) is 13.6 Å². The van der Waals surface area contributed by atoms with Gasteiger partial charge in [-0.05, 0) is 24.8 Å². The highest BCUT2D eigenvalue weighted by Crippen LogP contribution is 2.36. The van der Waals surface area contributed by atoms with Crippen molar-refractivity contribution in [1.82, 2.24) is 4.90 Å². The molecule has 0 aromatic heterocycles. The van der Waals surface area contributed by atoms with Crippen LogP contribution in [0.3, 0.4) is 0 Å². The first kappa shape index (κ1) is 16.6. The molecule has 2 aliphatic rings. The number of nitrogens with zero attached hydrogens (tertiary/aromatic N) is 2. The molecule has 1 saturated carbocycles. The summed E-state index contributed by atoms with van der Waals surface area (Å²) in [6.45, 7) is 0.251. The van der Waals surface area contributed by atoms with Crippen molar-refractivity contribution in [3.8, 4) is 0 Å². The lowest BCUT2D eigenvalue weighted by Crippen LogP contribution is -2.43. The molecule has 0 unspecified atom stereocenters. The number of carbonyl (C=O) groups excluding carboxylic acids is 1. The molecule has 24 heavy (non-hydrogen) atoms. The Morgan fingerprint density at radius 1 is 1.29 bits per heavy atom. The number of benzene rings is 1. The third-order valence-electron chi connectivity index (χ3n) is 4.38. The lowest BCUT2D eigenvalue weighted by Gasteiger charge is -2.29. The van der Waals surface area contributed by atoms with Crippen LogP contribution in [0.4, 0.5) is 8.78 Å². The van der Waals surface area contributed by atoms with E-state index in [-0.39, 0.29) is 12.2 Å². The Labute approximate surface area is 140 Å². The van der Waals surface area contributed by atoms with Crippen LogP contribution in [0.25, 0.3) is 0 Å². The first-order chi connectivity index (χ1) is 11.6. The second-order valence-corrected chi connectivity index (χ2v) is 6.25. The number of hydrogen-bond donors (Lipinski definition) is 1. The van der Waals surface area contributed by atoms with Crippen molar-refractivity contribution >= 4 is 11.6 Å². The lowest BCUT2D eigenvalue weighted by atomic mass is 9.96. The molecule has 3 rings (SSSR count). The Bertz CT molecular complexity index is 666. The van der Waals surface area contributed by atoms with Crippen LogP contribution in [0, 0.1) is 5.92 Å². The summed E-state index contributed by atoms with van der Waals surface area (Å²) in [7, 11) is 0. The molecule has 1 aromatic carbocycles. The van der Waals surface area contributed by atoms with Gasteiger partial charge in [-0.2, -0.15) is 0 Å². The number of hydrogen-bond acceptors (Lipinski definition) is 3. The van der Waals surface area contributed by atoms with Crippen LogP contribution in [0.5, 0.6) is 0 Å². The number of alkyl halides is 2. The molecular weight excluding hydrogens is 312 g/mol. The largest absolute Gasteiger partial charge is 0.394 e.